The van der Waals surface area contributed by atoms with Gasteiger partial charge in [-0.05, 0) is 67.6 Å². The lowest BCUT2D eigenvalue weighted by Gasteiger charge is -2.63. The third-order valence-electron chi connectivity index (χ3n) is 10.0. The molecule has 4 heteroatoms. The van der Waals surface area contributed by atoms with E-state index in [0.29, 0.717) is 16.5 Å². The third kappa shape index (κ3) is 3.06. The molecule has 1 aliphatic heterocycles. The Bertz CT molecular complexity index is 1780. The highest BCUT2D eigenvalue weighted by molar-refractivity contribution is 6.12. The number of hydrogen-bond donors (Lipinski definition) is 0. The fourth-order valence-electron chi connectivity index (χ4n) is 7.56. The van der Waals surface area contributed by atoms with Gasteiger partial charge in [-0.3, -0.25) is 4.79 Å². The van der Waals surface area contributed by atoms with Gasteiger partial charge in [-0.1, -0.05) is 68.4 Å². The van der Waals surface area contributed by atoms with Crippen molar-refractivity contribution in [1.82, 2.24) is 9.97 Å². The topological polar surface area (TPSA) is 52.1 Å². The van der Waals surface area contributed by atoms with Crippen LogP contribution in [0.1, 0.15) is 61.0 Å². The van der Waals surface area contributed by atoms with Gasteiger partial charge >= 0.3 is 0 Å². The van der Waals surface area contributed by atoms with Gasteiger partial charge in [-0.25, -0.2) is 9.97 Å². The van der Waals surface area contributed by atoms with Crippen LogP contribution < -0.4 is 4.74 Å². The Balaban J connectivity index is 1.29. The molecule has 0 radical (unpaired) electrons. The van der Waals surface area contributed by atoms with Crippen molar-refractivity contribution in [3.63, 3.8) is 0 Å². The second kappa shape index (κ2) is 7.63. The molecule has 0 N–H and O–H groups in total. The Hall–Kier alpha value is -3.79. The fraction of sp³-hybridized carbons (Fsp3) is 0.324. The van der Waals surface area contributed by atoms with Gasteiger partial charge in [-0.15, -0.1) is 0 Å². The first-order valence-corrected chi connectivity index (χ1v) is 13.9. The SMILES string of the molecule is CC1(C)C2CC1CC1(CCc3c(c4ccccc4c4nc5ccc(C(=O)c6ccccc6)cc5nc34)O1)C2. The molecule has 4 nitrogen and oxygen atoms in total. The summed E-state index contributed by atoms with van der Waals surface area (Å²) in [5, 5.41) is 2.22. The summed E-state index contributed by atoms with van der Waals surface area (Å²) in [7, 11) is 0. The van der Waals surface area contributed by atoms with E-state index in [4.69, 9.17) is 14.7 Å². The maximum Gasteiger partial charge on any atom is 0.193 e. The molecule has 38 heavy (non-hydrogen) atoms. The predicted octanol–water partition coefficient (Wildman–Crippen LogP) is 7.69. The molecule has 0 saturated heterocycles. The minimum Gasteiger partial charge on any atom is -0.486 e. The number of ketones is 1. The van der Waals surface area contributed by atoms with Gasteiger partial charge in [0.2, 0.25) is 0 Å². The van der Waals surface area contributed by atoms with Crippen LogP contribution in [0.5, 0.6) is 5.75 Å². The van der Waals surface area contributed by atoms with Crippen molar-refractivity contribution < 1.29 is 9.53 Å². The van der Waals surface area contributed by atoms with Gasteiger partial charge in [0.15, 0.2) is 5.78 Å². The van der Waals surface area contributed by atoms with Crippen LogP contribution in [0.25, 0.3) is 32.8 Å². The Kier molecular flexibility index (Phi) is 4.46. The highest BCUT2D eigenvalue weighted by Crippen LogP contribution is 2.64. The molecule has 2 bridgehead atoms. The summed E-state index contributed by atoms with van der Waals surface area (Å²) in [6.07, 6.45) is 5.63. The molecule has 1 spiro atoms. The Morgan fingerprint density at radius 2 is 1.53 bits per heavy atom. The molecular formula is C34H30N2O2. The molecule has 4 aliphatic rings. The minimum absolute atomic E-state index is 0.000926. The second-order valence-electron chi connectivity index (χ2n) is 12.3. The zero-order valence-electron chi connectivity index (χ0n) is 21.8. The number of nitrogens with zero attached hydrogens (tertiary/aromatic N) is 2. The Labute approximate surface area is 222 Å². The summed E-state index contributed by atoms with van der Waals surface area (Å²) in [6.45, 7) is 4.88. The molecule has 3 aliphatic carbocycles. The van der Waals surface area contributed by atoms with Crippen LogP contribution in [0.4, 0.5) is 0 Å². The zero-order chi connectivity index (χ0) is 25.6. The highest BCUT2D eigenvalue weighted by Gasteiger charge is 2.59. The summed E-state index contributed by atoms with van der Waals surface area (Å²) in [4.78, 5) is 23.4. The average molecular weight is 499 g/mol. The van der Waals surface area contributed by atoms with Crippen LogP contribution >= 0.6 is 0 Å². The molecule has 4 aromatic carbocycles. The predicted molar refractivity (Wildman–Crippen MR) is 151 cm³/mol. The molecule has 5 aromatic rings. The molecule has 3 fully saturated rings. The number of benzene rings is 4. The summed E-state index contributed by atoms with van der Waals surface area (Å²) < 4.78 is 7.09. The van der Waals surface area contributed by atoms with Crippen molar-refractivity contribution in [2.75, 3.05) is 0 Å². The third-order valence-corrected chi connectivity index (χ3v) is 10.0. The van der Waals surface area contributed by atoms with Crippen molar-refractivity contribution in [1.29, 1.82) is 0 Å². The van der Waals surface area contributed by atoms with E-state index in [1.54, 1.807) is 0 Å². The van der Waals surface area contributed by atoms with E-state index in [-0.39, 0.29) is 11.4 Å². The van der Waals surface area contributed by atoms with E-state index in [2.05, 4.69) is 38.1 Å². The normalized spacial score (nSPS) is 25.2. The smallest absolute Gasteiger partial charge is 0.193 e. The number of aryl methyl sites for hydroxylation is 1. The lowest BCUT2D eigenvalue weighted by molar-refractivity contribution is -0.160. The van der Waals surface area contributed by atoms with Crippen LogP contribution in [0, 0.1) is 17.3 Å². The number of aromatic nitrogens is 2. The number of carbonyl (C=O) groups is 1. The van der Waals surface area contributed by atoms with Gasteiger partial charge in [0.05, 0.1) is 22.1 Å². The van der Waals surface area contributed by atoms with Crippen molar-refractivity contribution in [2.45, 2.75) is 51.6 Å². The molecule has 2 atom stereocenters. The number of carbonyl (C=O) groups excluding carboxylic acids is 1. The number of rotatable bonds is 2. The molecular weight excluding hydrogens is 468 g/mol. The van der Waals surface area contributed by atoms with Crippen molar-refractivity contribution in [3.8, 4) is 5.75 Å². The summed E-state index contributed by atoms with van der Waals surface area (Å²) >= 11 is 0. The number of hydrogen-bond acceptors (Lipinski definition) is 4. The summed E-state index contributed by atoms with van der Waals surface area (Å²) in [6, 6.07) is 23.6. The maximum atomic E-state index is 13.1. The molecule has 2 heterocycles. The molecule has 188 valence electrons. The summed E-state index contributed by atoms with van der Waals surface area (Å²) in [5.41, 5.74) is 6.23. The van der Waals surface area contributed by atoms with Gasteiger partial charge in [-0.2, -0.15) is 0 Å². The van der Waals surface area contributed by atoms with Gasteiger partial charge < -0.3 is 4.74 Å². The van der Waals surface area contributed by atoms with E-state index < -0.39 is 0 Å². The second-order valence-corrected chi connectivity index (χ2v) is 12.3. The van der Waals surface area contributed by atoms with Crippen LogP contribution in [0.3, 0.4) is 0 Å². The fourth-order valence-corrected chi connectivity index (χ4v) is 7.56. The standard InChI is InChI=1S/C34H30N2O2/c1-33(2)22-17-23(33)19-34(18-22)15-14-26-30-29(24-10-6-7-11-25(24)32(26)38-34)35-27-13-12-21(16-28(27)36-30)31(37)20-8-4-3-5-9-20/h3-13,16,22-23H,14-15,17-19H2,1-2H3. The minimum atomic E-state index is -0.0634. The highest BCUT2D eigenvalue weighted by atomic mass is 16.5. The zero-order valence-corrected chi connectivity index (χ0v) is 21.8. The largest absolute Gasteiger partial charge is 0.486 e. The van der Waals surface area contributed by atoms with Gasteiger partial charge in [0, 0.05) is 27.5 Å². The first-order valence-electron chi connectivity index (χ1n) is 13.9. The molecule has 2 unspecified atom stereocenters. The van der Waals surface area contributed by atoms with Crippen LogP contribution in [0.2, 0.25) is 0 Å². The lowest BCUT2D eigenvalue weighted by Crippen LogP contribution is -2.59. The maximum absolute atomic E-state index is 13.1. The van der Waals surface area contributed by atoms with Crippen molar-refractivity contribution in [3.05, 3.63) is 89.5 Å². The number of ether oxygens (including phenoxy) is 1. The van der Waals surface area contributed by atoms with Crippen LogP contribution in [0.15, 0.2) is 72.8 Å². The van der Waals surface area contributed by atoms with E-state index >= 15 is 0 Å². The molecule has 0 amide bonds. The van der Waals surface area contributed by atoms with E-state index in [1.807, 2.05) is 48.5 Å². The summed E-state index contributed by atoms with van der Waals surface area (Å²) in [5.74, 6) is 2.50. The quantitative estimate of drug-likeness (QED) is 0.142. The van der Waals surface area contributed by atoms with Crippen LogP contribution in [-0.4, -0.2) is 21.4 Å². The first kappa shape index (κ1) is 22.2. The molecule has 9 rings (SSSR count). The van der Waals surface area contributed by atoms with E-state index in [9.17, 15) is 4.79 Å². The van der Waals surface area contributed by atoms with Crippen LogP contribution in [-0.2, 0) is 6.42 Å². The van der Waals surface area contributed by atoms with E-state index in [1.165, 1.54) is 6.42 Å². The Morgan fingerprint density at radius 3 is 2.29 bits per heavy atom. The van der Waals surface area contributed by atoms with Gasteiger partial charge in [0.1, 0.15) is 11.4 Å². The molecule has 3 saturated carbocycles. The number of fused-ring (bicyclic) bond motifs is 7. The monoisotopic (exact) mass is 498 g/mol. The Morgan fingerprint density at radius 1 is 0.816 bits per heavy atom. The first-order chi connectivity index (χ1) is 18.4. The van der Waals surface area contributed by atoms with Crippen molar-refractivity contribution >= 4 is 38.6 Å². The van der Waals surface area contributed by atoms with E-state index in [0.717, 1.165) is 81.7 Å². The van der Waals surface area contributed by atoms with Gasteiger partial charge in [0.25, 0.3) is 0 Å². The molecule has 1 aromatic heterocycles. The van der Waals surface area contributed by atoms with Crippen molar-refractivity contribution in [2.24, 2.45) is 17.3 Å². The lowest BCUT2D eigenvalue weighted by atomic mass is 9.45. The average Bonchev–Trinajstić information content (AvgIpc) is 2.96.